The summed E-state index contributed by atoms with van der Waals surface area (Å²) in [6.07, 6.45) is 0. The molecular weight excluding hydrogens is 371 g/mol. The van der Waals surface area contributed by atoms with Crippen LogP contribution in [0.2, 0.25) is 0 Å². The van der Waals surface area contributed by atoms with Crippen LogP contribution < -0.4 is 5.32 Å². The molecule has 0 spiro atoms. The SMILES string of the molecule is CC(C)CNC(=O)c1cccc(CN2C(=O)c3c(F)cccc3S2(=O)=O)c1. The number of rotatable bonds is 5. The van der Waals surface area contributed by atoms with Crippen LogP contribution in [0.4, 0.5) is 4.39 Å². The molecule has 0 aromatic heterocycles. The van der Waals surface area contributed by atoms with Crippen LogP contribution in [0.1, 0.15) is 40.1 Å². The minimum atomic E-state index is -4.13. The second-order valence-corrected chi connectivity index (χ2v) is 8.56. The minimum Gasteiger partial charge on any atom is -0.352 e. The zero-order valence-electron chi connectivity index (χ0n) is 14.9. The van der Waals surface area contributed by atoms with Crippen LogP contribution in [0.15, 0.2) is 47.4 Å². The van der Waals surface area contributed by atoms with E-state index in [-0.39, 0.29) is 23.3 Å². The molecule has 0 saturated heterocycles. The van der Waals surface area contributed by atoms with Crippen molar-refractivity contribution in [2.75, 3.05) is 6.54 Å². The van der Waals surface area contributed by atoms with Gasteiger partial charge in [-0.15, -0.1) is 0 Å². The van der Waals surface area contributed by atoms with Gasteiger partial charge in [0.25, 0.3) is 21.8 Å². The standard InChI is InChI=1S/C19H19FN2O4S/c1-12(2)10-21-18(23)14-6-3-5-13(9-14)11-22-19(24)17-15(20)7-4-8-16(17)27(22,25)26/h3-9,12H,10-11H2,1-2H3,(H,21,23). The molecule has 0 bridgehead atoms. The lowest BCUT2D eigenvalue weighted by Gasteiger charge is -2.16. The molecule has 8 heteroatoms. The molecule has 0 radical (unpaired) electrons. The molecule has 1 heterocycles. The van der Waals surface area contributed by atoms with Crippen LogP contribution in [0.25, 0.3) is 0 Å². The molecule has 0 fully saturated rings. The van der Waals surface area contributed by atoms with Crippen molar-refractivity contribution in [1.29, 1.82) is 0 Å². The Kier molecular flexibility index (Phi) is 5.01. The molecule has 2 aromatic rings. The number of benzene rings is 2. The molecular formula is C19H19FN2O4S. The second kappa shape index (κ2) is 7.11. The number of amides is 2. The van der Waals surface area contributed by atoms with Crippen LogP contribution in [0.3, 0.4) is 0 Å². The maximum atomic E-state index is 14.0. The summed E-state index contributed by atoms with van der Waals surface area (Å²) >= 11 is 0. The van der Waals surface area contributed by atoms with Crippen LogP contribution in [-0.4, -0.2) is 31.1 Å². The Balaban J connectivity index is 1.86. The van der Waals surface area contributed by atoms with Gasteiger partial charge in [0.2, 0.25) is 0 Å². The molecule has 0 saturated carbocycles. The number of carbonyl (C=O) groups is 2. The van der Waals surface area contributed by atoms with E-state index in [4.69, 9.17) is 0 Å². The van der Waals surface area contributed by atoms with Crippen molar-refractivity contribution in [2.45, 2.75) is 25.3 Å². The number of halogens is 1. The molecule has 1 N–H and O–H groups in total. The lowest BCUT2D eigenvalue weighted by Crippen LogP contribution is -2.30. The highest BCUT2D eigenvalue weighted by Gasteiger charge is 2.43. The van der Waals surface area contributed by atoms with Gasteiger partial charge in [0, 0.05) is 12.1 Å². The molecule has 1 aliphatic heterocycles. The molecule has 3 rings (SSSR count). The van der Waals surface area contributed by atoms with E-state index in [0.29, 0.717) is 22.0 Å². The lowest BCUT2D eigenvalue weighted by molar-refractivity contribution is 0.0860. The Morgan fingerprint density at radius 2 is 1.89 bits per heavy atom. The number of carbonyl (C=O) groups excluding carboxylic acids is 2. The van der Waals surface area contributed by atoms with E-state index in [2.05, 4.69) is 5.32 Å². The summed E-state index contributed by atoms with van der Waals surface area (Å²) in [7, 11) is -4.13. The Hall–Kier alpha value is -2.74. The highest BCUT2D eigenvalue weighted by Crippen LogP contribution is 2.33. The predicted molar refractivity (Wildman–Crippen MR) is 97.1 cm³/mol. The van der Waals surface area contributed by atoms with Crippen LogP contribution in [-0.2, 0) is 16.6 Å². The van der Waals surface area contributed by atoms with E-state index in [0.717, 1.165) is 6.07 Å². The van der Waals surface area contributed by atoms with Crippen molar-refractivity contribution in [2.24, 2.45) is 5.92 Å². The molecule has 0 unspecified atom stereocenters. The Labute approximate surface area is 157 Å². The number of fused-ring (bicyclic) bond motifs is 1. The average Bonchev–Trinajstić information content (AvgIpc) is 2.81. The zero-order valence-corrected chi connectivity index (χ0v) is 15.7. The number of nitrogens with one attached hydrogen (secondary N) is 1. The number of sulfonamides is 1. The fourth-order valence-electron chi connectivity index (χ4n) is 2.81. The van der Waals surface area contributed by atoms with Gasteiger partial charge in [0.1, 0.15) is 10.7 Å². The van der Waals surface area contributed by atoms with E-state index >= 15 is 0 Å². The summed E-state index contributed by atoms with van der Waals surface area (Å²) in [5, 5.41) is 2.78. The third kappa shape index (κ3) is 3.57. The van der Waals surface area contributed by atoms with Gasteiger partial charge in [-0.3, -0.25) is 9.59 Å². The lowest BCUT2D eigenvalue weighted by atomic mass is 10.1. The molecule has 1 aliphatic rings. The Morgan fingerprint density at radius 1 is 1.19 bits per heavy atom. The van der Waals surface area contributed by atoms with Gasteiger partial charge in [0.05, 0.1) is 12.1 Å². The largest absolute Gasteiger partial charge is 0.352 e. The summed E-state index contributed by atoms with van der Waals surface area (Å²) in [5.74, 6) is -1.77. The van der Waals surface area contributed by atoms with Crippen molar-refractivity contribution in [1.82, 2.24) is 9.62 Å². The van der Waals surface area contributed by atoms with E-state index < -0.39 is 27.3 Å². The monoisotopic (exact) mass is 390 g/mol. The third-order valence-electron chi connectivity index (χ3n) is 4.17. The number of nitrogens with zero attached hydrogens (tertiary/aromatic N) is 1. The Morgan fingerprint density at radius 3 is 2.56 bits per heavy atom. The first-order valence-electron chi connectivity index (χ1n) is 8.44. The molecule has 2 amide bonds. The van der Waals surface area contributed by atoms with E-state index in [1.807, 2.05) is 13.8 Å². The third-order valence-corrected chi connectivity index (χ3v) is 5.94. The minimum absolute atomic E-state index is 0.277. The van der Waals surface area contributed by atoms with Crippen LogP contribution in [0, 0.1) is 11.7 Å². The second-order valence-electron chi connectivity index (χ2n) is 6.73. The van der Waals surface area contributed by atoms with Crippen LogP contribution >= 0.6 is 0 Å². The van der Waals surface area contributed by atoms with Crippen molar-refractivity contribution in [3.63, 3.8) is 0 Å². The topological polar surface area (TPSA) is 83.6 Å². The summed E-state index contributed by atoms with van der Waals surface area (Å²) in [6, 6.07) is 9.87. The summed E-state index contributed by atoms with van der Waals surface area (Å²) in [6.45, 7) is 4.17. The maximum Gasteiger partial charge on any atom is 0.272 e. The zero-order chi connectivity index (χ0) is 19.8. The van der Waals surface area contributed by atoms with Gasteiger partial charge in [-0.05, 0) is 35.7 Å². The summed E-state index contributed by atoms with van der Waals surface area (Å²) < 4.78 is 39.8. The molecule has 27 heavy (non-hydrogen) atoms. The molecule has 0 aliphatic carbocycles. The number of hydrogen-bond acceptors (Lipinski definition) is 4. The highest BCUT2D eigenvalue weighted by atomic mass is 32.2. The number of hydrogen-bond donors (Lipinski definition) is 1. The van der Waals surface area contributed by atoms with Gasteiger partial charge in [0.15, 0.2) is 0 Å². The van der Waals surface area contributed by atoms with Crippen molar-refractivity contribution in [3.8, 4) is 0 Å². The van der Waals surface area contributed by atoms with Gasteiger partial charge >= 0.3 is 0 Å². The quantitative estimate of drug-likeness (QED) is 0.851. The first kappa shape index (κ1) is 19.0. The van der Waals surface area contributed by atoms with E-state index in [1.165, 1.54) is 18.2 Å². The Bertz CT molecular complexity index is 1020. The molecule has 6 nitrogen and oxygen atoms in total. The summed E-state index contributed by atoms with van der Waals surface area (Å²) in [5.41, 5.74) is 0.376. The molecule has 142 valence electrons. The van der Waals surface area contributed by atoms with Crippen molar-refractivity contribution in [3.05, 3.63) is 65.0 Å². The highest BCUT2D eigenvalue weighted by molar-refractivity contribution is 7.90. The fourth-order valence-corrected chi connectivity index (χ4v) is 4.37. The normalized spacial score (nSPS) is 15.1. The fraction of sp³-hybridized carbons (Fsp3) is 0.263. The van der Waals surface area contributed by atoms with Gasteiger partial charge in [-0.2, -0.15) is 0 Å². The van der Waals surface area contributed by atoms with Gasteiger partial charge in [-0.25, -0.2) is 17.1 Å². The average molecular weight is 390 g/mol. The van der Waals surface area contributed by atoms with Crippen molar-refractivity contribution >= 4 is 21.8 Å². The van der Waals surface area contributed by atoms with E-state index in [1.54, 1.807) is 18.2 Å². The van der Waals surface area contributed by atoms with Gasteiger partial charge in [-0.1, -0.05) is 32.0 Å². The molecule has 0 atom stereocenters. The predicted octanol–water partition coefficient (Wildman–Crippen LogP) is 2.56. The van der Waals surface area contributed by atoms with Gasteiger partial charge < -0.3 is 5.32 Å². The summed E-state index contributed by atoms with van der Waals surface area (Å²) in [4.78, 5) is 24.3. The van der Waals surface area contributed by atoms with Crippen molar-refractivity contribution < 1.29 is 22.4 Å². The smallest absolute Gasteiger partial charge is 0.272 e. The first-order chi connectivity index (χ1) is 12.7. The van der Waals surface area contributed by atoms with Crippen LogP contribution in [0.5, 0.6) is 0 Å². The first-order valence-corrected chi connectivity index (χ1v) is 9.88. The van der Waals surface area contributed by atoms with E-state index in [9.17, 15) is 22.4 Å². The maximum absolute atomic E-state index is 14.0. The molecule has 2 aromatic carbocycles.